The molecule has 0 radical (unpaired) electrons. The van der Waals surface area contributed by atoms with E-state index >= 15 is 0 Å². The second kappa shape index (κ2) is 6.40. The van der Waals surface area contributed by atoms with Gasteiger partial charge < -0.3 is 5.32 Å². The fourth-order valence-corrected chi connectivity index (χ4v) is 3.04. The van der Waals surface area contributed by atoms with Crippen LogP contribution >= 0.6 is 0 Å². The molecule has 0 amide bonds. The first-order valence-corrected chi connectivity index (χ1v) is 7.84. The Morgan fingerprint density at radius 1 is 1.05 bits per heavy atom. The fraction of sp³-hybridized carbons (Fsp3) is 0.368. The lowest BCUT2D eigenvalue weighted by atomic mass is 9.98. The number of benzene rings is 2. The van der Waals surface area contributed by atoms with Crippen LogP contribution in [0.1, 0.15) is 43.4 Å². The number of halogens is 1. The summed E-state index contributed by atoms with van der Waals surface area (Å²) >= 11 is 0. The van der Waals surface area contributed by atoms with Gasteiger partial charge in [-0.15, -0.1) is 0 Å². The highest BCUT2D eigenvalue weighted by molar-refractivity contribution is 5.32. The van der Waals surface area contributed by atoms with Crippen LogP contribution in [-0.2, 0) is 0 Å². The van der Waals surface area contributed by atoms with Crippen molar-refractivity contribution in [2.45, 2.75) is 38.3 Å². The second-order valence-electron chi connectivity index (χ2n) is 5.95. The van der Waals surface area contributed by atoms with Crippen LogP contribution in [0.15, 0.2) is 54.6 Å². The fourth-order valence-electron chi connectivity index (χ4n) is 3.04. The Hall–Kier alpha value is -1.67. The summed E-state index contributed by atoms with van der Waals surface area (Å²) < 4.78 is 13.2. The molecular weight excluding hydrogens is 261 g/mol. The van der Waals surface area contributed by atoms with Crippen molar-refractivity contribution in [3.63, 3.8) is 0 Å². The highest BCUT2D eigenvalue weighted by atomic mass is 19.1. The van der Waals surface area contributed by atoms with E-state index in [1.165, 1.54) is 24.8 Å². The third-order valence-corrected chi connectivity index (χ3v) is 4.30. The van der Waals surface area contributed by atoms with Crippen molar-refractivity contribution in [2.24, 2.45) is 5.92 Å². The largest absolute Gasteiger partial charge is 0.303 e. The number of hydrogen-bond donors (Lipinski definition) is 1. The van der Waals surface area contributed by atoms with Crippen LogP contribution in [0.2, 0.25) is 0 Å². The number of nitrogens with one attached hydrogen (secondary N) is 1. The van der Waals surface area contributed by atoms with Gasteiger partial charge in [0.15, 0.2) is 0 Å². The third-order valence-electron chi connectivity index (χ3n) is 4.30. The molecule has 1 saturated carbocycles. The van der Waals surface area contributed by atoms with Gasteiger partial charge in [-0.1, -0.05) is 55.8 Å². The van der Waals surface area contributed by atoms with E-state index < -0.39 is 0 Å². The Labute approximate surface area is 126 Å². The smallest absolute Gasteiger partial charge is 0.123 e. The quantitative estimate of drug-likeness (QED) is 0.810. The Kier molecular flexibility index (Phi) is 4.35. The minimum absolute atomic E-state index is 0.152. The molecule has 110 valence electrons. The maximum absolute atomic E-state index is 13.2. The standard InChI is InChI=1S/C19H22FN/c1-2-6-16-13-18(16)21-19(14-7-4-3-5-8-14)15-9-11-17(20)12-10-15/h3-5,7-12,16,18-19,21H,2,6,13H2,1H3. The summed E-state index contributed by atoms with van der Waals surface area (Å²) in [6.45, 7) is 2.24. The van der Waals surface area contributed by atoms with Crippen LogP contribution in [-0.4, -0.2) is 6.04 Å². The van der Waals surface area contributed by atoms with Gasteiger partial charge in [0.1, 0.15) is 5.82 Å². The van der Waals surface area contributed by atoms with Gasteiger partial charge in [0.25, 0.3) is 0 Å². The lowest BCUT2D eigenvalue weighted by molar-refractivity contribution is 0.549. The molecule has 1 aliphatic carbocycles. The van der Waals surface area contributed by atoms with Gasteiger partial charge in [0.2, 0.25) is 0 Å². The minimum Gasteiger partial charge on any atom is -0.303 e. The maximum atomic E-state index is 13.2. The van der Waals surface area contributed by atoms with Crippen molar-refractivity contribution in [1.29, 1.82) is 0 Å². The van der Waals surface area contributed by atoms with Crippen molar-refractivity contribution < 1.29 is 4.39 Å². The van der Waals surface area contributed by atoms with E-state index in [0.29, 0.717) is 6.04 Å². The van der Waals surface area contributed by atoms with Gasteiger partial charge in [0, 0.05) is 6.04 Å². The zero-order valence-corrected chi connectivity index (χ0v) is 12.4. The van der Waals surface area contributed by atoms with Crippen LogP contribution in [0.5, 0.6) is 0 Å². The van der Waals surface area contributed by atoms with Gasteiger partial charge in [0.05, 0.1) is 6.04 Å². The van der Waals surface area contributed by atoms with Gasteiger partial charge >= 0.3 is 0 Å². The molecule has 0 spiro atoms. The van der Waals surface area contributed by atoms with E-state index in [9.17, 15) is 4.39 Å². The van der Waals surface area contributed by atoms with Gasteiger partial charge in [-0.05, 0) is 42.0 Å². The third kappa shape index (κ3) is 3.51. The minimum atomic E-state index is -0.180. The first-order valence-electron chi connectivity index (χ1n) is 7.84. The predicted molar refractivity (Wildman–Crippen MR) is 84.6 cm³/mol. The van der Waals surface area contributed by atoms with Crippen molar-refractivity contribution in [3.05, 3.63) is 71.5 Å². The highest BCUT2D eigenvalue weighted by Crippen LogP contribution is 2.37. The Morgan fingerprint density at radius 3 is 2.38 bits per heavy atom. The number of rotatable bonds is 6. The molecule has 1 N–H and O–H groups in total. The zero-order chi connectivity index (χ0) is 14.7. The van der Waals surface area contributed by atoms with Crippen LogP contribution in [0, 0.1) is 11.7 Å². The normalized spacial score (nSPS) is 22.0. The zero-order valence-electron chi connectivity index (χ0n) is 12.4. The molecular formula is C19H22FN. The molecule has 1 nitrogen and oxygen atoms in total. The summed E-state index contributed by atoms with van der Waals surface area (Å²) in [6.07, 6.45) is 3.80. The molecule has 0 saturated heterocycles. The maximum Gasteiger partial charge on any atom is 0.123 e. The summed E-state index contributed by atoms with van der Waals surface area (Å²) in [5.41, 5.74) is 2.37. The summed E-state index contributed by atoms with van der Waals surface area (Å²) in [5.74, 6) is 0.627. The molecule has 0 heterocycles. The average molecular weight is 283 g/mol. The molecule has 2 aromatic rings. The molecule has 0 aliphatic heterocycles. The molecule has 21 heavy (non-hydrogen) atoms. The van der Waals surface area contributed by atoms with E-state index in [0.717, 1.165) is 11.5 Å². The van der Waals surface area contributed by atoms with E-state index in [1.807, 2.05) is 18.2 Å². The molecule has 3 rings (SSSR count). The van der Waals surface area contributed by atoms with Crippen LogP contribution < -0.4 is 5.32 Å². The Balaban J connectivity index is 1.80. The molecule has 2 aromatic carbocycles. The summed E-state index contributed by atoms with van der Waals surface area (Å²) in [4.78, 5) is 0. The predicted octanol–water partition coefficient (Wildman–Crippen LogP) is 4.69. The van der Waals surface area contributed by atoms with Gasteiger partial charge in [-0.3, -0.25) is 0 Å². The summed E-state index contributed by atoms with van der Waals surface area (Å²) in [6, 6.07) is 18.0. The van der Waals surface area contributed by atoms with Crippen molar-refractivity contribution in [3.8, 4) is 0 Å². The number of hydrogen-bond acceptors (Lipinski definition) is 1. The van der Waals surface area contributed by atoms with E-state index in [4.69, 9.17) is 0 Å². The molecule has 3 unspecified atom stereocenters. The van der Waals surface area contributed by atoms with E-state index in [1.54, 1.807) is 12.1 Å². The SMILES string of the molecule is CCCC1CC1NC(c1ccccc1)c1ccc(F)cc1. The average Bonchev–Trinajstić information content (AvgIpc) is 3.25. The van der Waals surface area contributed by atoms with Crippen LogP contribution in [0.25, 0.3) is 0 Å². The Bertz CT molecular complexity index is 564. The van der Waals surface area contributed by atoms with Crippen molar-refractivity contribution >= 4 is 0 Å². The molecule has 0 aromatic heterocycles. The topological polar surface area (TPSA) is 12.0 Å². The molecule has 3 atom stereocenters. The highest BCUT2D eigenvalue weighted by Gasteiger charge is 2.37. The van der Waals surface area contributed by atoms with Crippen LogP contribution in [0.3, 0.4) is 0 Å². The first kappa shape index (κ1) is 14.3. The van der Waals surface area contributed by atoms with Crippen molar-refractivity contribution in [2.75, 3.05) is 0 Å². The Morgan fingerprint density at radius 2 is 1.71 bits per heavy atom. The molecule has 1 fully saturated rings. The lowest BCUT2D eigenvalue weighted by Gasteiger charge is -2.20. The van der Waals surface area contributed by atoms with Crippen molar-refractivity contribution in [1.82, 2.24) is 5.32 Å². The van der Waals surface area contributed by atoms with Gasteiger partial charge in [-0.25, -0.2) is 4.39 Å². The lowest BCUT2D eigenvalue weighted by Crippen LogP contribution is -2.25. The molecule has 1 aliphatic rings. The van der Waals surface area contributed by atoms with Crippen LogP contribution in [0.4, 0.5) is 4.39 Å². The van der Waals surface area contributed by atoms with Gasteiger partial charge in [-0.2, -0.15) is 0 Å². The second-order valence-corrected chi connectivity index (χ2v) is 5.95. The van der Waals surface area contributed by atoms with E-state index in [2.05, 4.69) is 36.5 Å². The summed E-state index contributed by atoms with van der Waals surface area (Å²) in [7, 11) is 0. The summed E-state index contributed by atoms with van der Waals surface area (Å²) in [5, 5.41) is 3.76. The molecule has 2 heteroatoms. The first-order chi connectivity index (χ1) is 10.3. The molecule has 0 bridgehead atoms. The van der Waals surface area contributed by atoms with E-state index in [-0.39, 0.29) is 11.9 Å². The monoisotopic (exact) mass is 283 g/mol.